The summed E-state index contributed by atoms with van der Waals surface area (Å²) in [5.41, 5.74) is 9.53. The zero-order chi connectivity index (χ0) is 20.6. The summed E-state index contributed by atoms with van der Waals surface area (Å²) in [7, 11) is 4.92. The van der Waals surface area contributed by atoms with Gasteiger partial charge in [0.25, 0.3) is 0 Å². The molecule has 0 aliphatic carbocycles. The van der Waals surface area contributed by atoms with Gasteiger partial charge in [-0.25, -0.2) is 4.98 Å². The summed E-state index contributed by atoms with van der Waals surface area (Å²) in [4.78, 5) is 4.75. The molecule has 0 aliphatic heterocycles. The zero-order valence-corrected chi connectivity index (χ0v) is 19.8. The van der Waals surface area contributed by atoms with Crippen molar-refractivity contribution in [3.8, 4) is 39.8 Å². The molecule has 0 amide bonds. The van der Waals surface area contributed by atoms with Crippen LogP contribution < -0.4 is 19.9 Å². The summed E-state index contributed by atoms with van der Waals surface area (Å²) in [6.07, 6.45) is 5.04. The smallest absolute Gasteiger partial charge is 0.164 e. The quantitative estimate of drug-likeness (QED) is 0.414. The SMILES string of the molecule is COc1cc(OC)c(-c2c(-c3ccccc3)ncn2CCCCCN)cc1OC.Cl.Cl. The minimum absolute atomic E-state index is 0. The minimum Gasteiger partial charge on any atom is -0.496 e. The van der Waals surface area contributed by atoms with Crippen molar-refractivity contribution >= 4 is 24.8 Å². The third-order valence-corrected chi connectivity index (χ3v) is 4.95. The molecule has 1 aromatic heterocycles. The normalized spacial score (nSPS) is 10.1. The number of hydrogen-bond acceptors (Lipinski definition) is 5. The Hall–Kier alpha value is -2.41. The first kappa shape index (κ1) is 26.6. The summed E-state index contributed by atoms with van der Waals surface area (Å²) >= 11 is 0. The molecule has 0 fully saturated rings. The number of imidazole rings is 1. The topological polar surface area (TPSA) is 71.5 Å². The molecule has 0 saturated carbocycles. The Kier molecular flexibility index (Phi) is 11.3. The van der Waals surface area contributed by atoms with Gasteiger partial charge in [0.05, 0.1) is 39.0 Å². The number of nitrogens with zero attached hydrogens (tertiary/aromatic N) is 2. The van der Waals surface area contributed by atoms with Crippen LogP contribution in [0, 0.1) is 0 Å². The molecule has 0 saturated heterocycles. The van der Waals surface area contributed by atoms with Crippen molar-refractivity contribution in [1.82, 2.24) is 9.55 Å². The van der Waals surface area contributed by atoms with E-state index in [9.17, 15) is 0 Å². The highest BCUT2D eigenvalue weighted by molar-refractivity contribution is 5.86. The summed E-state index contributed by atoms with van der Waals surface area (Å²) in [5.74, 6) is 1.99. The molecule has 0 spiro atoms. The van der Waals surface area contributed by atoms with Crippen molar-refractivity contribution in [2.45, 2.75) is 25.8 Å². The first-order valence-electron chi connectivity index (χ1n) is 9.84. The van der Waals surface area contributed by atoms with Crippen molar-refractivity contribution in [1.29, 1.82) is 0 Å². The monoisotopic (exact) mass is 467 g/mol. The molecule has 170 valence electrons. The molecule has 0 atom stereocenters. The van der Waals surface area contributed by atoms with Crippen molar-refractivity contribution in [2.75, 3.05) is 27.9 Å². The summed E-state index contributed by atoms with van der Waals surface area (Å²) in [6, 6.07) is 14.0. The fourth-order valence-corrected chi connectivity index (χ4v) is 3.46. The Morgan fingerprint density at radius 1 is 0.839 bits per heavy atom. The highest BCUT2D eigenvalue weighted by Crippen LogP contribution is 2.43. The van der Waals surface area contributed by atoms with Crippen LogP contribution in [-0.4, -0.2) is 37.4 Å². The molecular weight excluding hydrogens is 437 g/mol. The Morgan fingerprint density at radius 3 is 2.10 bits per heavy atom. The predicted octanol–water partition coefficient (Wildman–Crippen LogP) is 5.22. The lowest BCUT2D eigenvalue weighted by atomic mass is 10.0. The molecule has 0 radical (unpaired) electrons. The maximum Gasteiger partial charge on any atom is 0.164 e. The van der Waals surface area contributed by atoms with E-state index in [0.717, 1.165) is 54.9 Å². The van der Waals surface area contributed by atoms with E-state index in [4.69, 9.17) is 24.9 Å². The molecular formula is C23H31Cl2N3O3. The second-order valence-corrected chi connectivity index (χ2v) is 6.76. The number of halogens is 2. The van der Waals surface area contributed by atoms with Gasteiger partial charge in [-0.3, -0.25) is 0 Å². The van der Waals surface area contributed by atoms with E-state index in [1.807, 2.05) is 36.7 Å². The second-order valence-electron chi connectivity index (χ2n) is 6.76. The van der Waals surface area contributed by atoms with Gasteiger partial charge in [0.1, 0.15) is 5.75 Å². The van der Waals surface area contributed by atoms with Gasteiger partial charge in [-0.2, -0.15) is 0 Å². The van der Waals surface area contributed by atoms with Crippen LogP contribution in [0.5, 0.6) is 17.2 Å². The minimum atomic E-state index is 0. The van der Waals surface area contributed by atoms with Crippen LogP contribution in [0.25, 0.3) is 22.5 Å². The third kappa shape index (κ3) is 6.06. The zero-order valence-electron chi connectivity index (χ0n) is 18.2. The second kappa shape index (κ2) is 13.1. The van der Waals surface area contributed by atoms with E-state index in [2.05, 4.69) is 16.7 Å². The van der Waals surface area contributed by atoms with Crippen molar-refractivity contribution < 1.29 is 14.2 Å². The predicted molar refractivity (Wildman–Crippen MR) is 130 cm³/mol. The number of rotatable bonds is 10. The van der Waals surface area contributed by atoms with E-state index in [1.54, 1.807) is 21.3 Å². The molecule has 2 N–H and O–H groups in total. The van der Waals surface area contributed by atoms with Gasteiger partial charge in [0.2, 0.25) is 0 Å². The van der Waals surface area contributed by atoms with Crippen LogP contribution in [0.4, 0.5) is 0 Å². The molecule has 1 heterocycles. The molecule has 6 nitrogen and oxygen atoms in total. The summed E-state index contributed by atoms with van der Waals surface area (Å²) in [6.45, 7) is 1.57. The fourth-order valence-electron chi connectivity index (χ4n) is 3.46. The summed E-state index contributed by atoms with van der Waals surface area (Å²) < 4.78 is 18.9. The molecule has 3 aromatic rings. The van der Waals surface area contributed by atoms with Crippen molar-refractivity contribution in [2.24, 2.45) is 5.73 Å². The Bertz CT molecular complexity index is 933. The Balaban J connectivity index is 0.00000240. The van der Waals surface area contributed by atoms with Crippen LogP contribution in [-0.2, 0) is 6.54 Å². The number of unbranched alkanes of at least 4 members (excludes halogenated alkanes) is 2. The van der Waals surface area contributed by atoms with Gasteiger partial charge in [-0.15, -0.1) is 24.8 Å². The van der Waals surface area contributed by atoms with E-state index in [1.165, 1.54) is 0 Å². The average Bonchev–Trinajstić information content (AvgIpc) is 3.20. The van der Waals surface area contributed by atoms with Crippen LogP contribution in [0.1, 0.15) is 19.3 Å². The van der Waals surface area contributed by atoms with E-state index < -0.39 is 0 Å². The summed E-state index contributed by atoms with van der Waals surface area (Å²) in [5, 5.41) is 0. The number of benzene rings is 2. The fraction of sp³-hybridized carbons (Fsp3) is 0.348. The lowest BCUT2D eigenvalue weighted by Crippen LogP contribution is -2.03. The maximum atomic E-state index is 5.71. The van der Waals surface area contributed by atoms with E-state index in [-0.39, 0.29) is 24.8 Å². The van der Waals surface area contributed by atoms with Crippen LogP contribution >= 0.6 is 24.8 Å². The van der Waals surface area contributed by atoms with Crippen LogP contribution in [0.3, 0.4) is 0 Å². The first-order chi connectivity index (χ1) is 14.2. The van der Waals surface area contributed by atoms with E-state index in [0.29, 0.717) is 17.2 Å². The number of hydrogen-bond donors (Lipinski definition) is 1. The Labute approximate surface area is 196 Å². The number of aryl methyl sites for hydroxylation is 1. The van der Waals surface area contributed by atoms with Crippen LogP contribution in [0.15, 0.2) is 48.8 Å². The van der Waals surface area contributed by atoms with Crippen molar-refractivity contribution in [3.05, 3.63) is 48.8 Å². The van der Waals surface area contributed by atoms with Crippen molar-refractivity contribution in [3.63, 3.8) is 0 Å². The van der Waals surface area contributed by atoms with Gasteiger partial charge in [-0.1, -0.05) is 36.8 Å². The Morgan fingerprint density at radius 2 is 1.48 bits per heavy atom. The number of methoxy groups -OCH3 is 3. The number of ether oxygens (including phenoxy) is 3. The average molecular weight is 468 g/mol. The molecule has 8 heteroatoms. The molecule has 2 aromatic carbocycles. The highest BCUT2D eigenvalue weighted by Gasteiger charge is 2.21. The maximum absolute atomic E-state index is 5.71. The van der Waals surface area contributed by atoms with Gasteiger partial charge in [0.15, 0.2) is 11.5 Å². The highest BCUT2D eigenvalue weighted by atomic mass is 35.5. The lowest BCUT2D eigenvalue weighted by Gasteiger charge is -2.17. The molecule has 0 unspecified atom stereocenters. The van der Waals surface area contributed by atoms with Gasteiger partial charge >= 0.3 is 0 Å². The van der Waals surface area contributed by atoms with Gasteiger partial charge in [0, 0.05) is 23.7 Å². The third-order valence-electron chi connectivity index (χ3n) is 4.95. The largest absolute Gasteiger partial charge is 0.496 e. The lowest BCUT2D eigenvalue weighted by molar-refractivity contribution is 0.349. The molecule has 0 bridgehead atoms. The molecule has 31 heavy (non-hydrogen) atoms. The molecule has 3 rings (SSSR count). The van der Waals surface area contributed by atoms with Gasteiger partial charge in [-0.05, 0) is 25.5 Å². The first-order valence-corrected chi connectivity index (χ1v) is 9.84. The van der Waals surface area contributed by atoms with E-state index >= 15 is 0 Å². The van der Waals surface area contributed by atoms with Gasteiger partial charge < -0.3 is 24.5 Å². The number of nitrogens with two attached hydrogens (primary N) is 1. The number of aromatic nitrogens is 2. The molecule has 0 aliphatic rings. The standard InChI is InChI=1S/C23H29N3O3.2ClH/c1-27-19-15-21(29-3)20(28-2)14-18(19)23-22(17-10-6-4-7-11-17)25-16-26(23)13-9-5-8-12-24;;/h4,6-7,10-11,14-16H,5,8-9,12-13,24H2,1-3H3;2*1H. The van der Waals surface area contributed by atoms with Crippen LogP contribution in [0.2, 0.25) is 0 Å².